The van der Waals surface area contributed by atoms with Crippen LogP contribution >= 0.6 is 11.6 Å². The first-order valence-electron chi connectivity index (χ1n) is 7.95. The number of rotatable bonds is 4. The van der Waals surface area contributed by atoms with Crippen molar-refractivity contribution in [2.45, 2.75) is 13.5 Å². The fourth-order valence-electron chi connectivity index (χ4n) is 2.70. The van der Waals surface area contributed by atoms with Crippen LogP contribution in [0.3, 0.4) is 0 Å². The van der Waals surface area contributed by atoms with E-state index in [9.17, 15) is 0 Å². The molecule has 0 atom stereocenters. The molecule has 0 radical (unpaired) electrons. The minimum Gasteiger partial charge on any atom is -0.365 e. The van der Waals surface area contributed by atoms with E-state index in [0.29, 0.717) is 6.54 Å². The maximum atomic E-state index is 6.09. The molecular weight excluding hydrogens is 334 g/mol. The molecule has 0 aliphatic rings. The zero-order chi connectivity index (χ0) is 17.2. The van der Waals surface area contributed by atoms with Crippen molar-refractivity contribution >= 4 is 23.1 Å². The molecule has 4 rings (SSSR count). The van der Waals surface area contributed by atoms with Gasteiger partial charge in [0.1, 0.15) is 5.82 Å². The molecule has 0 fully saturated rings. The quantitative estimate of drug-likeness (QED) is 0.594. The van der Waals surface area contributed by atoms with Crippen LogP contribution in [0.15, 0.2) is 61.1 Å². The van der Waals surface area contributed by atoms with Gasteiger partial charge in [0.15, 0.2) is 5.65 Å². The van der Waals surface area contributed by atoms with E-state index in [2.05, 4.69) is 27.3 Å². The molecule has 0 unspecified atom stereocenters. The minimum atomic E-state index is 0.657. The summed E-state index contributed by atoms with van der Waals surface area (Å²) in [4.78, 5) is 8.47. The van der Waals surface area contributed by atoms with Crippen molar-refractivity contribution in [2.75, 3.05) is 5.32 Å². The molecule has 5 nitrogen and oxygen atoms in total. The Morgan fingerprint density at radius 1 is 1.08 bits per heavy atom. The second kappa shape index (κ2) is 6.53. The highest BCUT2D eigenvalue weighted by atomic mass is 35.5. The van der Waals surface area contributed by atoms with Gasteiger partial charge in [0, 0.05) is 29.5 Å². The van der Waals surface area contributed by atoms with Gasteiger partial charge in [0.2, 0.25) is 0 Å². The molecule has 0 aliphatic carbocycles. The first-order chi connectivity index (χ1) is 12.2. The normalized spacial score (nSPS) is 11.0. The van der Waals surface area contributed by atoms with Crippen LogP contribution in [0.4, 0.5) is 5.82 Å². The van der Waals surface area contributed by atoms with Gasteiger partial charge in [-0.05, 0) is 54.4 Å². The first kappa shape index (κ1) is 15.6. The van der Waals surface area contributed by atoms with Gasteiger partial charge < -0.3 is 5.32 Å². The predicted molar refractivity (Wildman–Crippen MR) is 99.7 cm³/mol. The summed E-state index contributed by atoms with van der Waals surface area (Å²) in [6.45, 7) is 2.73. The Hall–Kier alpha value is -2.92. The Morgan fingerprint density at radius 2 is 1.92 bits per heavy atom. The van der Waals surface area contributed by atoms with Crippen LogP contribution in [0, 0.1) is 6.92 Å². The van der Waals surface area contributed by atoms with Gasteiger partial charge in [0.25, 0.3) is 0 Å². The first-order valence-corrected chi connectivity index (χ1v) is 8.32. The Bertz CT molecular complexity index is 1030. The topological polar surface area (TPSA) is 55.1 Å². The lowest BCUT2D eigenvalue weighted by Gasteiger charge is -2.09. The number of pyridine rings is 1. The van der Waals surface area contributed by atoms with Gasteiger partial charge >= 0.3 is 0 Å². The Balaban J connectivity index is 1.64. The van der Waals surface area contributed by atoms with Crippen molar-refractivity contribution in [3.63, 3.8) is 0 Å². The van der Waals surface area contributed by atoms with Gasteiger partial charge in [0.05, 0.1) is 11.9 Å². The minimum absolute atomic E-state index is 0.657. The third-order valence-electron chi connectivity index (χ3n) is 4.11. The summed E-state index contributed by atoms with van der Waals surface area (Å²) in [5, 5.41) is 8.76. The smallest absolute Gasteiger partial charge is 0.154 e. The molecule has 0 bridgehead atoms. The standard InChI is InChI=1S/C19H16ClN5/c1-13-2-3-16(20)10-15(13)11-22-18-4-5-19-23-12-17(25(19)24-18)14-6-8-21-9-7-14/h2-10,12H,11H2,1H3,(H,22,24). The van der Waals surface area contributed by atoms with E-state index >= 15 is 0 Å². The summed E-state index contributed by atoms with van der Waals surface area (Å²) in [7, 11) is 0. The van der Waals surface area contributed by atoms with Gasteiger partial charge in [-0.25, -0.2) is 9.50 Å². The lowest BCUT2D eigenvalue weighted by molar-refractivity contribution is 0.929. The number of halogens is 1. The van der Waals surface area contributed by atoms with E-state index in [4.69, 9.17) is 11.6 Å². The molecule has 3 heterocycles. The van der Waals surface area contributed by atoms with Crippen molar-refractivity contribution in [1.82, 2.24) is 19.6 Å². The summed E-state index contributed by atoms with van der Waals surface area (Å²) >= 11 is 6.09. The number of nitrogens with one attached hydrogen (secondary N) is 1. The van der Waals surface area contributed by atoms with Crippen LogP contribution < -0.4 is 5.32 Å². The number of fused-ring (bicyclic) bond motifs is 1. The predicted octanol–water partition coefficient (Wildman–Crippen LogP) is 4.37. The van der Waals surface area contributed by atoms with E-state index in [1.54, 1.807) is 12.4 Å². The lowest BCUT2D eigenvalue weighted by atomic mass is 10.1. The second-order valence-corrected chi connectivity index (χ2v) is 6.23. The highest BCUT2D eigenvalue weighted by molar-refractivity contribution is 6.30. The molecule has 0 amide bonds. The highest BCUT2D eigenvalue weighted by Crippen LogP contribution is 2.21. The number of aryl methyl sites for hydroxylation is 1. The molecule has 0 aliphatic heterocycles. The van der Waals surface area contributed by atoms with Crippen LogP contribution in [0.5, 0.6) is 0 Å². The van der Waals surface area contributed by atoms with Crippen LogP contribution in [-0.2, 0) is 6.54 Å². The summed E-state index contributed by atoms with van der Waals surface area (Å²) in [6.07, 6.45) is 5.35. The van der Waals surface area contributed by atoms with E-state index in [1.165, 1.54) is 5.56 Å². The molecule has 1 N–H and O–H groups in total. The van der Waals surface area contributed by atoms with Gasteiger partial charge in [-0.15, -0.1) is 5.10 Å². The SMILES string of the molecule is Cc1ccc(Cl)cc1CNc1ccc2ncc(-c3ccncc3)n2n1. The molecule has 1 aromatic carbocycles. The van der Waals surface area contributed by atoms with Crippen molar-refractivity contribution in [1.29, 1.82) is 0 Å². The van der Waals surface area contributed by atoms with Gasteiger partial charge in [-0.1, -0.05) is 17.7 Å². The third kappa shape index (κ3) is 3.19. The summed E-state index contributed by atoms with van der Waals surface area (Å²) in [5.74, 6) is 0.778. The number of hydrogen-bond acceptors (Lipinski definition) is 4. The number of aromatic nitrogens is 4. The fourth-order valence-corrected chi connectivity index (χ4v) is 2.90. The molecule has 4 aromatic rings. The second-order valence-electron chi connectivity index (χ2n) is 5.79. The summed E-state index contributed by atoms with van der Waals surface area (Å²) < 4.78 is 1.84. The van der Waals surface area contributed by atoms with E-state index in [-0.39, 0.29) is 0 Å². The summed E-state index contributed by atoms with van der Waals surface area (Å²) in [5.41, 5.74) is 5.10. The maximum absolute atomic E-state index is 6.09. The lowest BCUT2D eigenvalue weighted by Crippen LogP contribution is -2.05. The maximum Gasteiger partial charge on any atom is 0.154 e. The monoisotopic (exact) mass is 349 g/mol. The average Bonchev–Trinajstić information content (AvgIpc) is 3.06. The molecule has 0 saturated carbocycles. The molecule has 0 saturated heterocycles. The van der Waals surface area contributed by atoms with Crippen LogP contribution in [0.1, 0.15) is 11.1 Å². The number of imidazole rings is 1. The Kier molecular flexibility index (Phi) is 4.07. The largest absolute Gasteiger partial charge is 0.365 e. The van der Waals surface area contributed by atoms with E-state index in [1.807, 2.05) is 53.2 Å². The molecule has 6 heteroatoms. The van der Waals surface area contributed by atoms with E-state index in [0.717, 1.165) is 33.3 Å². The van der Waals surface area contributed by atoms with Crippen LogP contribution in [-0.4, -0.2) is 19.6 Å². The molecular formula is C19H16ClN5. The molecule has 0 spiro atoms. The van der Waals surface area contributed by atoms with E-state index < -0.39 is 0 Å². The fraction of sp³-hybridized carbons (Fsp3) is 0.105. The summed E-state index contributed by atoms with van der Waals surface area (Å²) in [6, 6.07) is 13.7. The van der Waals surface area contributed by atoms with Crippen LogP contribution in [0.2, 0.25) is 5.02 Å². The Labute approximate surface area is 150 Å². The van der Waals surface area contributed by atoms with Crippen molar-refractivity contribution in [3.8, 4) is 11.3 Å². The highest BCUT2D eigenvalue weighted by Gasteiger charge is 2.08. The average molecular weight is 350 g/mol. The number of anilines is 1. The third-order valence-corrected chi connectivity index (χ3v) is 4.34. The number of hydrogen-bond donors (Lipinski definition) is 1. The number of benzene rings is 1. The zero-order valence-corrected chi connectivity index (χ0v) is 14.4. The van der Waals surface area contributed by atoms with Crippen LogP contribution in [0.25, 0.3) is 16.9 Å². The van der Waals surface area contributed by atoms with Gasteiger partial charge in [-0.2, -0.15) is 0 Å². The molecule has 3 aromatic heterocycles. The van der Waals surface area contributed by atoms with Gasteiger partial charge in [-0.3, -0.25) is 4.98 Å². The zero-order valence-electron chi connectivity index (χ0n) is 13.6. The van der Waals surface area contributed by atoms with Crippen molar-refractivity contribution < 1.29 is 0 Å². The Morgan fingerprint density at radius 3 is 2.76 bits per heavy atom. The molecule has 124 valence electrons. The molecule has 25 heavy (non-hydrogen) atoms. The number of nitrogens with zero attached hydrogens (tertiary/aromatic N) is 4. The van der Waals surface area contributed by atoms with Crippen molar-refractivity contribution in [3.05, 3.63) is 77.2 Å². The van der Waals surface area contributed by atoms with Crippen molar-refractivity contribution in [2.24, 2.45) is 0 Å².